The maximum absolute atomic E-state index is 15.4. The fourth-order valence-corrected chi connectivity index (χ4v) is 3.88. The van der Waals surface area contributed by atoms with Gasteiger partial charge in [-0.15, -0.1) is 0 Å². The Hall–Kier alpha value is -3.21. The first-order chi connectivity index (χ1) is 14.6. The van der Waals surface area contributed by atoms with Gasteiger partial charge >= 0.3 is 0 Å². The van der Waals surface area contributed by atoms with Gasteiger partial charge in [-0.2, -0.15) is 5.26 Å². The van der Waals surface area contributed by atoms with Gasteiger partial charge < -0.3 is 5.11 Å². The average molecular weight is 403 g/mol. The third-order valence-electron chi connectivity index (χ3n) is 5.59. The molecule has 0 radical (unpaired) electrons. The summed E-state index contributed by atoms with van der Waals surface area (Å²) in [7, 11) is 0. The van der Waals surface area contributed by atoms with Crippen molar-refractivity contribution in [2.45, 2.75) is 31.2 Å². The molecule has 0 spiro atoms. The van der Waals surface area contributed by atoms with Crippen molar-refractivity contribution in [1.82, 2.24) is 19.9 Å². The van der Waals surface area contributed by atoms with Crippen molar-refractivity contribution < 1.29 is 9.50 Å². The molecule has 1 unspecified atom stereocenters. The second-order valence-corrected chi connectivity index (χ2v) is 7.58. The highest BCUT2D eigenvalue weighted by Crippen LogP contribution is 2.35. The number of aliphatic hydroxyl groups is 1. The topological polar surface area (TPSA) is 85.9 Å². The van der Waals surface area contributed by atoms with Gasteiger partial charge in [0.2, 0.25) is 0 Å². The second kappa shape index (κ2) is 8.66. The number of nitriles is 1. The van der Waals surface area contributed by atoms with Gasteiger partial charge in [-0.05, 0) is 42.7 Å². The second-order valence-electron chi connectivity index (χ2n) is 7.58. The highest BCUT2D eigenvalue weighted by molar-refractivity contribution is 5.58. The van der Waals surface area contributed by atoms with Crippen LogP contribution in [0, 0.1) is 11.3 Å². The molecule has 6 nitrogen and oxygen atoms in total. The average Bonchev–Trinajstić information content (AvgIpc) is 2.80. The molecule has 1 N–H and O–H groups in total. The zero-order valence-electron chi connectivity index (χ0n) is 16.4. The number of hydrogen-bond donors (Lipinski definition) is 1. The Morgan fingerprint density at radius 1 is 1.10 bits per heavy atom. The Morgan fingerprint density at radius 3 is 2.53 bits per heavy atom. The molecule has 3 heterocycles. The van der Waals surface area contributed by atoms with Gasteiger partial charge in [-0.3, -0.25) is 9.88 Å². The summed E-state index contributed by atoms with van der Waals surface area (Å²) in [6, 6.07) is 14.5. The number of pyridine rings is 1. The first kappa shape index (κ1) is 20.1. The van der Waals surface area contributed by atoms with Gasteiger partial charge in [-0.1, -0.05) is 18.2 Å². The lowest BCUT2D eigenvalue weighted by Crippen LogP contribution is -2.44. The van der Waals surface area contributed by atoms with E-state index in [0.29, 0.717) is 54.9 Å². The standard InChI is InChI=1S/C23H22FN5O/c24-23(14-17-3-5-18(15-25)6-4-17)8-12-29(13-9-23)22(30)19-2-1-10-27-21(19)20-7-11-26-16-28-20/h1-7,10-11,16,22,30H,8-9,12-14H2. The Kier molecular flexibility index (Phi) is 5.79. The summed E-state index contributed by atoms with van der Waals surface area (Å²) in [4.78, 5) is 14.4. The Morgan fingerprint density at radius 2 is 1.87 bits per heavy atom. The van der Waals surface area contributed by atoms with Crippen molar-refractivity contribution in [1.29, 1.82) is 5.26 Å². The van der Waals surface area contributed by atoms with E-state index in [4.69, 9.17) is 5.26 Å². The van der Waals surface area contributed by atoms with Crippen LogP contribution in [0.3, 0.4) is 0 Å². The van der Waals surface area contributed by atoms with E-state index in [0.717, 1.165) is 5.56 Å². The number of piperidine rings is 1. The van der Waals surface area contributed by atoms with Crippen LogP contribution in [0.25, 0.3) is 11.4 Å². The fraction of sp³-hybridized carbons (Fsp3) is 0.304. The molecule has 4 rings (SSSR count). The number of alkyl halides is 1. The van der Waals surface area contributed by atoms with Crippen molar-refractivity contribution >= 4 is 0 Å². The van der Waals surface area contributed by atoms with E-state index in [1.165, 1.54) is 6.33 Å². The molecule has 1 fully saturated rings. The summed E-state index contributed by atoms with van der Waals surface area (Å²) in [6.07, 6.45) is 4.81. The molecule has 1 aromatic carbocycles. The number of rotatable bonds is 5. The lowest BCUT2D eigenvalue weighted by Gasteiger charge is -2.39. The van der Waals surface area contributed by atoms with E-state index in [1.54, 1.807) is 36.7 Å². The highest BCUT2D eigenvalue weighted by Gasteiger charge is 2.37. The molecule has 1 aliphatic rings. The smallest absolute Gasteiger partial charge is 0.135 e. The number of aromatic nitrogens is 3. The molecule has 0 bridgehead atoms. The van der Waals surface area contributed by atoms with Crippen LogP contribution in [0.1, 0.15) is 35.8 Å². The van der Waals surface area contributed by atoms with Gasteiger partial charge in [0.25, 0.3) is 0 Å². The van der Waals surface area contributed by atoms with E-state index in [2.05, 4.69) is 21.0 Å². The molecule has 0 amide bonds. The van der Waals surface area contributed by atoms with E-state index in [-0.39, 0.29) is 0 Å². The third kappa shape index (κ3) is 4.35. The third-order valence-corrected chi connectivity index (χ3v) is 5.59. The molecule has 3 aromatic rings. The van der Waals surface area contributed by atoms with Gasteiger partial charge in [0, 0.05) is 37.5 Å². The first-order valence-electron chi connectivity index (χ1n) is 9.89. The minimum Gasteiger partial charge on any atom is -0.374 e. The molecule has 30 heavy (non-hydrogen) atoms. The van der Waals surface area contributed by atoms with Crippen molar-refractivity contribution in [3.05, 3.63) is 77.9 Å². The zero-order valence-corrected chi connectivity index (χ0v) is 16.4. The Bertz CT molecular complexity index is 1030. The van der Waals surface area contributed by atoms with Crippen molar-refractivity contribution in [3.8, 4) is 17.5 Å². The predicted octanol–water partition coefficient (Wildman–Crippen LogP) is 3.45. The Balaban J connectivity index is 1.45. The molecule has 7 heteroatoms. The summed E-state index contributed by atoms with van der Waals surface area (Å²) in [6.45, 7) is 0.873. The first-order valence-corrected chi connectivity index (χ1v) is 9.89. The molecule has 0 saturated carbocycles. The summed E-state index contributed by atoms with van der Waals surface area (Å²) in [5.41, 5.74) is 2.01. The Labute approximate surface area is 174 Å². The normalized spacial score (nSPS) is 17.2. The maximum atomic E-state index is 15.4. The molecule has 1 aliphatic heterocycles. The minimum absolute atomic E-state index is 0.307. The van der Waals surface area contributed by atoms with Crippen LogP contribution >= 0.6 is 0 Å². The highest BCUT2D eigenvalue weighted by atomic mass is 19.1. The van der Waals surface area contributed by atoms with E-state index in [1.807, 2.05) is 23.1 Å². The number of nitrogens with zero attached hydrogens (tertiary/aromatic N) is 5. The molecular formula is C23H22FN5O. The van der Waals surface area contributed by atoms with Gasteiger partial charge in [-0.25, -0.2) is 14.4 Å². The van der Waals surface area contributed by atoms with Crippen molar-refractivity contribution in [2.24, 2.45) is 0 Å². The number of benzene rings is 1. The van der Waals surface area contributed by atoms with E-state index >= 15 is 4.39 Å². The molecular weight excluding hydrogens is 381 g/mol. The summed E-state index contributed by atoms with van der Waals surface area (Å²) in [5, 5.41) is 19.9. The number of halogens is 1. The van der Waals surface area contributed by atoms with Crippen LogP contribution < -0.4 is 0 Å². The lowest BCUT2D eigenvalue weighted by atomic mass is 9.86. The van der Waals surface area contributed by atoms with Crippen LogP contribution in [0.4, 0.5) is 4.39 Å². The molecule has 2 aromatic heterocycles. The monoisotopic (exact) mass is 403 g/mol. The van der Waals surface area contributed by atoms with Crippen LogP contribution in [-0.2, 0) is 6.42 Å². The maximum Gasteiger partial charge on any atom is 0.135 e. The van der Waals surface area contributed by atoms with E-state index in [9.17, 15) is 5.11 Å². The lowest BCUT2D eigenvalue weighted by molar-refractivity contribution is -0.0452. The number of hydrogen-bond acceptors (Lipinski definition) is 6. The SMILES string of the molecule is N#Cc1ccc(CC2(F)CCN(C(O)c3cccnc3-c3ccncn3)CC2)cc1. The number of aliphatic hydroxyl groups excluding tert-OH is 1. The summed E-state index contributed by atoms with van der Waals surface area (Å²) >= 11 is 0. The van der Waals surface area contributed by atoms with Gasteiger partial charge in [0.1, 0.15) is 18.2 Å². The summed E-state index contributed by atoms with van der Waals surface area (Å²) in [5.74, 6) is 0. The molecule has 152 valence electrons. The van der Waals surface area contributed by atoms with Gasteiger partial charge in [0.05, 0.1) is 23.0 Å². The fourth-order valence-electron chi connectivity index (χ4n) is 3.88. The van der Waals surface area contributed by atoms with Crippen LogP contribution in [-0.4, -0.2) is 43.7 Å². The predicted molar refractivity (Wildman–Crippen MR) is 110 cm³/mol. The van der Waals surface area contributed by atoms with Crippen LogP contribution in [0.2, 0.25) is 0 Å². The molecule has 0 aliphatic carbocycles. The molecule has 1 atom stereocenters. The van der Waals surface area contributed by atoms with Crippen LogP contribution in [0.15, 0.2) is 61.2 Å². The summed E-state index contributed by atoms with van der Waals surface area (Å²) < 4.78 is 15.4. The number of likely N-dealkylation sites (tertiary alicyclic amines) is 1. The zero-order chi connectivity index (χ0) is 21.0. The van der Waals surface area contributed by atoms with Gasteiger partial charge in [0.15, 0.2) is 0 Å². The quantitative estimate of drug-likeness (QED) is 0.702. The van der Waals surface area contributed by atoms with Crippen molar-refractivity contribution in [3.63, 3.8) is 0 Å². The van der Waals surface area contributed by atoms with E-state index < -0.39 is 11.9 Å². The largest absolute Gasteiger partial charge is 0.374 e. The minimum atomic E-state index is -1.32. The van der Waals surface area contributed by atoms with Crippen molar-refractivity contribution in [2.75, 3.05) is 13.1 Å². The van der Waals surface area contributed by atoms with Crippen LogP contribution in [0.5, 0.6) is 0 Å². The molecule has 1 saturated heterocycles.